The van der Waals surface area contributed by atoms with Crippen molar-refractivity contribution in [2.45, 2.75) is 58.2 Å². The summed E-state index contributed by atoms with van der Waals surface area (Å²) in [6, 6.07) is 23.3. The van der Waals surface area contributed by atoms with Crippen molar-refractivity contribution in [2.24, 2.45) is 0 Å². The molecule has 0 aliphatic heterocycles. The van der Waals surface area contributed by atoms with Crippen molar-refractivity contribution in [3.63, 3.8) is 0 Å². The summed E-state index contributed by atoms with van der Waals surface area (Å²) < 4.78 is 32.8. The second-order valence-corrected chi connectivity index (χ2v) is 14.1. The van der Waals surface area contributed by atoms with Crippen LogP contribution in [0.2, 0.25) is 0 Å². The van der Waals surface area contributed by atoms with E-state index in [-0.39, 0.29) is 37.7 Å². The minimum Gasteiger partial charge on any atom is -0.497 e. The zero-order valence-corrected chi connectivity index (χ0v) is 27.2. The van der Waals surface area contributed by atoms with E-state index in [1.807, 2.05) is 75.4 Å². The predicted molar refractivity (Wildman–Crippen MR) is 171 cm³/mol. The SMILES string of the molecule is COc1cccc(N(CCCC(=O)N(Cc2ccc(Br)cc2)[C@@H](Cc2ccccc2)C(=O)NC(C)(C)C)S(C)(=O)=O)c1. The van der Waals surface area contributed by atoms with Crippen LogP contribution >= 0.6 is 15.9 Å². The summed E-state index contributed by atoms with van der Waals surface area (Å²) in [5, 5.41) is 3.06. The van der Waals surface area contributed by atoms with Gasteiger partial charge in [-0.05, 0) is 62.6 Å². The Morgan fingerprint density at radius 2 is 1.62 bits per heavy atom. The number of carbonyl (C=O) groups excluding carboxylic acids is 2. The lowest BCUT2D eigenvalue weighted by molar-refractivity contribution is -0.142. The van der Waals surface area contributed by atoms with E-state index in [0.717, 1.165) is 21.9 Å². The molecule has 42 heavy (non-hydrogen) atoms. The second kappa shape index (κ2) is 14.7. The molecule has 0 aromatic heterocycles. The van der Waals surface area contributed by atoms with Gasteiger partial charge in [-0.25, -0.2) is 8.42 Å². The number of nitrogens with one attached hydrogen (secondary N) is 1. The van der Waals surface area contributed by atoms with Crippen LogP contribution in [0.3, 0.4) is 0 Å². The lowest BCUT2D eigenvalue weighted by atomic mass is 10.00. The number of nitrogens with zero attached hydrogens (tertiary/aromatic N) is 2. The number of carbonyl (C=O) groups is 2. The van der Waals surface area contributed by atoms with E-state index in [9.17, 15) is 18.0 Å². The Labute approximate surface area is 258 Å². The van der Waals surface area contributed by atoms with E-state index >= 15 is 0 Å². The molecule has 3 rings (SSSR count). The highest BCUT2D eigenvalue weighted by molar-refractivity contribution is 9.10. The third kappa shape index (κ3) is 10.2. The fourth-order valence-electron chi connectivity index (χ4n) is 4.56. The molecule has 2 amide bonds. The van der Waals surface area contributed by atoms with Crippen molar-refractivity contribution in [3.8, 4) is 5.75 Å². The van der Waals surface area contributed by atoms with Gasteiger partial charge in [0.1, 0.15) is 11.8 Å². The van der Waals surface area contributed by atoms with Crippen molar-refractivity contribution < 1.29 is 22.7 Å². The molecule has 0 heterocycles. The average molecular weight is 659 g/mol. The van der Waals surface area contributed by atoms with Gasteiger partial charge in [-0.2, -0.15) is 0 Å². The van der Waals surface area contributed by atoms with Gasteiger partial charge in [-0.15, -0.1) is 0 Å². The van der Waals surface area contributed by atoms with Crippen LogP contribution in [0.5, 0.6) is 5.75 Å². The quantitative estimate of drug-likeness (QED) is 0.260. The topological polar surface area (TPSA) is 96.0 Å². The van der Waals surface area contributed by atoms with Crippen LogP contribution in [0, 0.1) is 0 Å². The van der Waals surface area contributed by atoms with Gasteiger partial charge >= 0.3 is 0 Å². The third-order valence-electron chi connectivity index (χ3n) is 6.53. The molecule has 3 aromatic carbocycles. The summed E-state index contributed by atoms with van der Waals surface area (Å²) in [4.78, 5) is 29.3. The fourth-order valence-corrected chi connectivity index (χ4v) is 5.78. The molecule has 0 unspecified atom stereocenters. The van der Waals surface area contributed by atoms with E-state index in [2.05, 4.69) is 21.2 Å². The first kappa shape index (κ1) is 33.1. The molecule has 0 saturated heterocycles. The Morgan fingerprint density at radius 3 is 2.21 bits per heavy atom. The smallest absolute Gasteiger partial charge is 0.243 e. The standard InChI is InChI=1S/C32H40BrN3O5S/c1-32(2,3)34-31(38)29(21-24-11-7-6-8-12-24)35(23-25-16-18-26(33)19-17-25)30(37)15-10-20-36(42(5,39)40)27-13-9-14-28(22-27)41-4/h6-9,11-14,16-19,22,29H,10,15,20-21,23H2,1-5H3,(H,34,38)/t29-/m0/s1. The number of benzene rings is 3. The molecule has 1 N–H and O–H groups in total. The summed E-state index contributed by atoms with van der Waals surface area (Å²) in [7, 11) is -2.10. The molecule has 226 valence electrons. The van der Waals surface area contributed by atoms with Crippen LogP contribution in [0.15, 0.2) is 83.3 Å². The first-order chi connectivity index (χ1) is 19.8. The van der Waals surface area contributed by atoms with Gasteiger partial charge in [0.05, 0.1) is 19.1 Å². The summed E-state index contributed by atoms with van der Waals surface area (Å²) in [5.41, 5.74) is 1.77. The zero-order valence-electron chi connectivity index (χ0n) is 24.8. The van der Waals surface area contributed by atoms with Crippen LogP contribution < -0.4 is 14.4 Å². The first-order valence-electron chi connectivity index (χ1n) is 13.8. The molecule has 0 fully saturated rings. The maximum atomic E-state index is 13.9. The van der Waals surface area contributed by atoms with Gasteiger partial charge in [0, 0.05) is 42.0 Å². The molecule has 0 aliphatic carbocycles. The van der Waals surface area contributed by atoms with Crippen molar-refractivity contribution in [1.29, 1.82) is 0 Å². The predicted octanol–water partition coefficient (Wildman–Crippen LogP) is 5.56. The molecule has 10 heteroatoms. The molecule has 3 aromatic rings. The third-order valence-corrected chi connectivity index (χ3v) is 8.25. The van der Waals surface area contributed by atoms with E-state index < -0.39 is 21.6 Å². The Kier molecular flexibility index (Phi) is 11.6. The lowest BCUT2D eigenvalue weighted by Crippen LogP contribution is -2.54. The number of methoxy groups -OCH3 is 1. The van der Waals surface area contributed by atoms with Gasteiger partial charge in [-0.1, -0.05) is 64.5 Å². The molecular formula is C32H40BrN3O5S. The van der Waals surface area contributed by atoms with Crippen molar-refractivity contribution in [1.82, 2.24) is 10.2 Å². The highest BCUT2D eigenvalue weighted by Crippen LogP contribution is 2.24. The van der Waals surface area contributed by atoms with E-state index in [1.165, 1.54) is 11.4 Å². The minimum atomic E-state index is -3.62. The van der Waals surface area contributed by atoms with E-state index in [0.29, 0.717) is 17.9 Å². The molecule has 0 saturated carbocycles. The Hall–Kier alpha value is -3.37. The van der Waals surface area contributed by atoms with E-state index in [1.54, 1.807) is 29.2 Å². The number of ether oxygens (including phenoxy) is 1. The summed E-state index contributed by atoms with van der Waals surface area (Å²) in [5.74, 6) is 0.0551. The monoisotopic (exact) mass is 657 g/mol. The van der Waals surface area contributed by atoms with Gasteiger partial charge in [0.15, 0.2) is 0 Å². The molecule has 1 atom stereocenters. The van der Waals surface area contributed by atoms with Crippen LogP contribution in [0.4, 0.5) is 5.69 Å². The summed E-state index contributed by atoms with van der Waals surface area (Å²) >= 11 is 3.46. The van der Waals surface area contributed by atoms with Crippen LogP contribution in [-0.4, -0.2) is 56.6 Å². The zero-order chi connectivity index (χ0) is 30.9. The fraction of sp³-hybridized carbons (Fsp3) is 0.375. The first-order valence-corrected chi connectivity index (χ1v) is 16.4. The van der Waals surface area contributed by atoms with Gasteiger partial charge in [-0.3, -0.25) is 13.9 Å². The molecule has 0 spiro atoms. The van der Waals surface area contributed by atoms with Crippen LogP contribution in [-0.2, 0) is 32.6 Å². The lowest BCUT2D eigenvalue weighted by Gasteiger charge is -2.34. The number of sulfonamides is 1. The highest BCUT2D eigenvalue weighted by atomic mass is 79.9. The molecule has 0 bridgehead atoms. The number of anilines is 1. The largest absolute Gasteiger partial charge is 0.497 e. The molecule has 0 radical (unpaired) electrons. The Balaban J connectivity index is 1.90. The van der Waals surface area contributed by atoms with Gasteiger partial charge in [0.2, 0.25) is 21.8 Å². The summed E-state index contributed by atoms with van der Waals surface area (Å²) in [6.45, 7) is 6.05. The second-order valence-electron chi connectivity index (χ2n) is 11.2. The average Bonchev–Trinajstić information content (AvgIpc) is 2.92. The number of amides is 2. The Bertz CT molecular complexity index is 1440. The maximum absolute atomic E-state index is 13.9. The molecule has 8 nitrogen and oxygen atoms in total. The Morgan fingerprint density at radius 1 is 0.952 bits per heavy atom. The normalized spacial score (nSPS) is 12.3. The maximum Gasteiger partial charge on any atom is 0.243 e. The van der Waals surface area contributed by atoms with Crippen molar-refractivity contribution in [2.75, 3.05) is 24.2 Å². The van der Waals surface area contributed by atoms with Crippen LogP contribution in [0.1, 0.15) is 44.7 Å². The van der Waals surface area contributed by atoms with Gasteiger partial charge in [0.25, 0.3) is 0 Å². The number of halogens is 1. The van der Waals surface area contributed by atoms with Crippen molar-refractivity contribution >= 4 is 43.5 Å². The minimum absolute atomic E-state index is 0.0562. The van der Waals surface area contributed by atoms with Gasteiger partial charge < -0.3 is 15.0 Å². The molecular weight excluding hydrogens is 618 g/mol. The molecule has 0 aliphatic rings. The number of hydrogen-bond acceptors (Lipinski definition) is 5. The highest BCUT2D eigenvalue weighted by Gasteiger charge is 2.32. The van der Waals surface area contributed by atoms with Crippen molar-refractivity contribution in [3.05, 3.63) is 94.5 Å². The number of rotatable bonds is 13. The summed E-state index contributed by atoms with van der Waals surface area (Å²) in [6.07, 6.45) is 1.80. The van der Waals surface area contributed by atoms with Crippen LogP contribution in [0.25, 0.3) is 0 Å². The van der Waals surface area contributed by atoms with E-state index in [4.69, 9.17) is 4.74 Å². The number of hydrogen-bond donors (Lipinski definition) is 1.